The van der Waals surface area contributed by atoms with Gasteiger partial charge in [-0.15, -0.1) is 0 Å². The Morgan fingerprint density at radius 1 is 1.38 bits per heavy atom. The Morgan fingerprint density at radius 3 is 2.71 bits per heavy atom. The number of rotatable bonds is 5. The van der Waals surface area contributed by atoms with Crippen molar-refractivity contribution in [3.05, 3.63) is 24.3 Å². The molecule has 1 aliphatic carbocycles. The van der Waals surface area contributed by atoms with Crippen molar-refractivity contribution in [1.82, 2.24) is 5.32 Å². The summed E-state index contributed by atoms with van der Waals surface area (Å²) >= 11 is 0. The number of hydrogen-bond acceptors (Lipinski definition) is 4. The highest BCUT2D eigenvalue weighted by Crippen LogP contribution is 2.29. The van der Waals surface area contributed by atoms with Gasteiger partial charge in [0.25, 0.3) is 0 Å². The molecule has 1 atom stereocenters. The molecule has 1 saturated carbocycles. The van der Waals surface area contributed by atoms with E-state index >= 15 is 0 Å². The van der Waals surface area contributed by atoms with E-state index in [9.17, 15) is 9.59 Å². The largest absolute Gasteiger partial charge is 0.497 e. The lowest BCUT2D eigenvalue weighted by Gasteiger charge is -2.13. The maximum absolute atomic E-state index is 11.9. The standard InChI is InChI=1S/C15H18N2O4/c1-20-12-6-4-11(5-7-12)17-9-13(21-15(17)19)8-16-14(18)10-2-3-10/h4-7,10,13H,2-3,8-9H2,1H3,(H,16,18). The molecule has 1 heterocycles. The van der Waals surface area contributed by atoms with E-state index in [2.05, 4.69) is 5.32 Å². The normalized spacial score (nSPS) is 21.1. The summed E-state index contributed by atoms with van der Waals surface area (Å²) in [5.41, 5.74) is 0.761. The predicted molar refractivity (Wildman–Crippen MR) is 76.3 cm³/mol. The molecule has 1 unspecified atom stereocenters. The molecule has 2 aliphatic rings. The SMILES string of the molecule is COc1ccc(N2CC(CNC(=O)C3CC3)OC2=O)cc1. The van der Waals surface area contributed by atoms with Crippen LogP contribution in [0.25, 0.3) is 0 Å². The topological polar surface area (TPSA) is 67.9 Å². The van der Waals surface area contributed by atoms with Gasteiger partial charge in [-0.2, -0.15) is 0 Å². The highest BCUT2D eigenvalue weighted by molar-refractivity contribution is 5.90. The van der Waals surface area contributed by atoms with Crippen LogP contribution >= 0.6 is 0 Å². The van der Waals surface area contributed by atoms with Crippen molar-refractivity contribution in [1.29, 1.82) is 0 Å². The van der Waals surface area contributed by atoms with Gasteiger partial charge in [0.1, 0.15) is 11.9 Å². The minimum atomic E-state index is -0.383. The van der Waals surface area contributed by atoms with Gasteiger partial charge in [-0.25, -0.2) is 4.79 Å². The van der Waals surface area contributed by atoms with Gasteiger partial charge < -0.3 is 14.8 Å². The van der Waals surface area contributed by atoms with Crippen LogP contribution in [0.2, 0.25) is 0 Å². The van der Waals surface area contributed by atoms with Crippen LogP contribution in [0, 0.1) is 5.92 Å². The van der Waals surface area contributed by atoms with Crippen LogP contribution in [-0.4, -0.2) is 38.3 Å². The fraction of sp³-hybridized carbons (Fsp3) is 0.467. The molecule has 0 aromatic heterocycles. The van der Waals surface area contributed by atoms with E-state index in [1.807, 2.05) is 12.1 Å². The molecule has 6 heteroatoms. The number of nitrogens with zero attached hydrogens (tertiary/aromatic N) is 1. The number of methoxy groups -OCH3 is 1. The Bertz CT molecular complexity index is 539. The second-order valence-electron chi connectivity index (χ2n) is 5.33. The van der Waals surface area contributed by atoms with Crippen LogP contribution in [0.1, 0.15) is 12.8 Å². The van der Waals surface area contributed by atoms with Crippen LogP contribution < -0.4 is 15.0 Å². The molecule has 1 aliphatic heterocycles. The maximum Gasteiger partial charge on any atom is 0.414 e. The number of hydrogen-bond donors (Lipinski definition) is 1. The van der Waals surface area contributed by atoms with Crippen LogP contribution in [0.4, 0.5) is 10.5 Å². The van der Waals surface area contributed by atoms with Gasteiger partial charge in [0.2, 0.25) is 5.91 Å². The zero-order valence-electron chi connectivity index (χ0n) is 11.9. The van der Waals surface area contributed by atoms with E-state index in [1.165, 1.54) is 0 Å². The van der Waals surface area contributed by atoms with Crippen LogP contribution in [0.15, 0.2) is 24.3 Å². The second-order valence-corrected chi connectivity index (χ2v) is 5.33. The second kappa shape index (κ2) is 5.63. The van der Waals surface area contributed by atoms with Gasteiger partial charge in [-0.05, 0) is 37.1 Å². The molecule has 0 radical (unpaired) electrons. The summed E-state index contributed by atoms with van der Waals surface area (Å²) in [6, 6.07) is 7.21. The molecule has 2 amide bonds. The molecule has 1 aromatic carbocycles. The lowest BCUT2D eigenvalue weighted by atomic mass is 10.2. The number of cyclic esters (lactones) is 1. The molecule has 1 aromatic rings. The van der Waals surface area contributed by atoms with Gasteiger partial charge in [0.15, 0.2) is 0 Å². The first-order chi connectivity index (χ1) is 10.2. The minimum absolute atomic E-state index is 0.0638. The highest BCUT2D eigenvalue weighted by Gasteiger charge is 2.34. The average molecular weight is 290 g/mol. The molecule has 1 saturated heterocycles. The summed E-state index contributed by atoms with van der Waals surface area (Å²) in [4.78, 5) is 25.0. The van der Waals surface area contributed by atoms with Crippen molar-refractivity contribution in [2.24, 2.45) is 5.92 Å². The molecule has 0 bridgehead atoms. The number of amides is 2. The highest BCUT2D eigenvalue weighted by atomic mass is 16.6. The summed E-state index contributed by atoms with van der Waals surface area (Å²) in [5.74, 6) is 0.966. The molecule has 112 valence electrons. The first kappa shape index (κ1) is 13.7. The third kappa shape index (κ3) is 3.09. The summed E-state index contributed by atoms with van der Waals surface area (Å²) in [7, 11) is 1.59. The number of ether oxygens (including phenoxy) is 2. The van der Waals surface area contributed by atoms with Crippen LogP contribution in [0.3, 0.4) is 0 Å². The van der Waals surface area contributed by atoms with Crippen molar-refractivity contribution >= 4 is 17.7 Å². The summed E-state index contributed by atoms with van der Waals surface area (Å²) in [6.45, 7) is 0.809. The Labute approximate surface area is 123 Å². The van der Waals surface area contributed by atoms with Crippen molar-refractivity contribution in [3.63, 3.8) is 0 Å². The number of anilines is 1. The average Bonchev–Trinajstić information content (AvgIpc) is 3.29. The molecule has 2 fully saturated rings. The fourth-order valence-corrected chi connectivity index (χ4v) is 2.31. The van der Waals surface area contributed by atoms with Crippen molar-refractivity contribution in [2.75, 3.05) is 25.1 Å². The van der Waals surface area contributed by atoms with E-state index in [1.54, 1.807) is 24.1 Å². The lowest BCUT2D eigenvalue weighted by molar-refractivity contribution is -0.122. The van der Waals surface area contributed by atoms with Crippen molar-refractivity contribution < 1.29 is 19.1 Å². The molecule has 0 spiro atoms. The summed E-state index contributed by atoms with van der Waals surface area (Å²) in [5, 5.41) is 2.83. The fourth-order valence-electron chi connectivity index (χ4n) is 2.31. The summed E-state index contributed by atoms with van der Waals surface area (Å²) in [6.07, 6.45) is 1.25. The zero-order chi connectivity index (χ0) is 14.8. The maximum atomic E-state index is 11.9. The van der Waals surface area contributed by atoms with Gasteiger partial charge in [0, 0.05) is 11.6 Å². The zero-order valence-corrected chi connectivity index (χ0v) is 11.9. The first-order valence-corrected chi connectivity index (χ1v) is 7.07. The predicted octanol–water partition coefficient (Wildman–Crippen LogP) is 1.55. The third-order valence-corrected chi connectivity index (χ3v) is 3.71. The smallest absolute Gasteiger partial charge is 0.414 e. The van der Waals surface area contributed by atoms with Gasteiger partial charge >= 0.3 is 6.09 Å². The molecule has 1 N–H and O–H groups in total. The summed E-state index contributed by atoms with van der Waals surface area (Å²) < 4.78 is 10.4. The third-order valence-electron chi connectivity index (χ3n) is 3.71. The first-order valence-electron chi connectivity index (χ1n) is 7.07. The Morgan fingerprint density at radius 2 is 2.10 bits per heavy atom. The van der Waals surface area contributed by atoms with Gasteiger partial charge in [-0.1, -0.05) is 0 Å². The Balaban J connectivity index is 1.57. The Kier molecular flexibility index (Phi) is 3.68. The number of carbonyl (C=O) groups is 2. The van der Waals surface area contributed by atoms with E-state index < -0.39 is 0 Å². The number of nitrogens with one attached hydrogen (secondary N) is 1. The Hall–Kier alpha value is -2.24. The van der Waals surface area contributed by atoms with Crippen molar-refractivity contribution in [3.8, 4) is 5.75 Å². The van der Waals surface area contributed by atoms with Gasteiger partial charge in [0.05, 0.1) is 20.2 Å². The quantitative estimate of drug-likeness (QED) is 0.893. The molecule has 6 nitrogen and oxygen atoms in total. The van der Waals surface area contributed by atoms with E-state index in [0.717, 1.165) is 24.3 Å². The van der Waals surface area contributed by atoms with Gasteiger partial charge in [-0.3, -0.25) is 9.69 Å². The number of benzene rings is 1. The monoisotopic (exact) mass is 290 g/mol. The van der Waals surface area contributed by atoms with E-state index in [-0.39, 0.29) is 24.0 Å². The van der Waals surface area contributed by atoms with E-state index in [0.29, 0.717) is 13.1 Å². The number of carbonyl (C=O) groups excluding carboxylic acids is 2. The van der Waals surface area contributed by atoms with Crippen LogP contribution in [-0.2, 0) is 9.53 Å². The minimum Gasteiger partial charge on any atom is -0.497 e. The van der Waals surface area contributed by atoms with Crippen LogP contribution in [0.5, 0.6) is 5.75 Å². The van der Waals surface area contributed by atoms with E-state index in [4.69, 9.17) is 9.47 Å². The molecule has 3 rings (SSSR count). The molecular formula is C15H18N2O4. The molecule has 21 heavy (non-hydrogen) atoms. The van der Waals surface area contributed by atoms with Crippen molar-refractivity contribution in [2.45, 2.75) is 18.9 Å². The lowest BCUT2D eigenvalue weighted by Crippen LogP contribution is -2.35. The molecular weight excluding hydrogens is 272 g/mol.